The van der Waals surface area contributed by atoms with Gasteiger partial charge in [-0.15, -0.1) is 0 Å². The molecular weight excluding hydrogens is 208 g/mol. The van der Waals surface area contributed by atoms with Crippen LogP contribution in [-0.2, 0) is 9.47 Å². The van der Waals surface area contributed by atoms with E-state index >= 15 is 0 Å². The van der Waals surface area contributed by atoms with Crippen LogP contribution in [0.1, 0.15) is 47.5 Å². The molecule has 2 atom stereocenters. The number of rotatable bonds is 6. The molecule has 2 unspecified atom stereocenters. The molecule has 0 aromatic rings. The molecule has 0 aliphatic carbocycles. The number of ether oxygens (including phenoxy) is 2. The lowest BCUT2D eigenvalue weighted by molar-refractivity contribution is -0.0511. The van der Waals surface area contributed by atoms with Crippen LogP contribution < -0.4 is 0 Å². The van der Waals surface area contributed by atoms with E-state index < -0.39 is 17.9 Å². The van der Waals surface area contributed by atoms with Crippen molar-refractivity contribution in [2.75, 3.05) is 6.61 Å². The Balaban J connectivity index is 4.14. The van der Waals surface area contributed by atoms with E-state index in [1.807, 2.05) is 20.8 Å². The Morgan fingerprint density at radius 1 is 1.38 bits per heavy atom. The van der Waals surface area contributed by atoms with E-state index in [0.29, 0.717) is 19.4 Å². The Morgan fingerprint density at radius 2 is 1.94 bits per heavy atom. The van der Waals surface area contributed by atoms with Crippen molar-refractivity contribution in [1.82, 2.24) is 0 Å². The Hall–Kier alpha value is -0.770. The highest BCUT2D eigenvalue weighted by molar-refractivity contribution is 5.60. The number of carbonyl (C=O) groups is 1. The van der Waals surface area contributed by atoms with Crippen LogP contribution in [0.4, 0.5) is 4.79 Å². The molecule has 0 aromatic heterocycles. The van der Waals surface area contributed by atoms with Gasteiger partial charge in [0.15, 0.2) is 0 Å². The maximum Gasteiger partial charge on any atom is 0.508 e. The SMILES string of the molecule is CCC(C)(CC(C)O)OC(=O)OCC(C)C. The predicted molar refractivity (Wildman–Crippen MR) is 62.3 cm³/mol. The Labute approximate surface area is 97.9 Å². The first kappa shape index (κ1) is 15.2. The molecule has 0 aliphatic rings. The van der Waals surface area contributed by atoms with Crippen LogP contribution in [-0.4, -0.2) is 29.6 Å². The van der Waals surface area contributed by atoms with E-state index in [4.69, 9.17) is 9.47 Å². The number of hydrogen-bond acceptors (Lipinski definition) is 4. The summed E-state index contributed by atoms with van der Waals surface area (Å²) < 4.78 is 10.2. The van der Waals surface area contributed by atoms with Gasteiger partial charge in [-0.25, -0.2) is 4.79 Å². The third-order valence-electron chi connectivity index (χ3n) is 2.34. The maximum atomic E-state index is 11.4. The fourth-order valence-corrected chi connectivity index (χ4v) is 1.35. The molecule has 4 nitrogen and oxygen atoms in total. The molecule has 0 radical (unpaired) electrons. The molecular formula is C12H24O4. The van der Waals surface area contributed by atoms with Gasteiger partial charge in [-0.1, -0.05) is 20.8 Å². The Morgan fingerprint density at radius 3 is 2.31 bits per heavy atom. The van der Waals surface area contributed by atoms with Gasteiger partial charge in [0.25, 0.3) is 0 Å². The molecule has 1 N–H and O–H groups in total. The molecule has 0 amide bonds. The number of hydrogen-bond donors (Lipinski definition) is 1. The van der Waals surface area contributed by atoms with E-state index in [9.17, 15) is 9.90 Å². The lowest BCUT2D eigenvalue weighted by Crippen LogP contribution is -2.35. The molecule has 96 valence electrons. The van der Waals surface area contributed by atoms with Gasteiger partial charge in [0.2, 0.25) is 0 Å². The summed E-state index contributed by atoms with van der Waals surface area (Å²) in [5.41, 5.74) is -0.651. The first-order chi connectivity index (χ1) is 7.29. The fourth-order valence-electron chi connectivity index (χ4n) is 1.35. The van der Waals surface area contributed by atoms with Gasteiger partial charge in [-0.05, 0) is 26.2 Å². The minimum absolute atomic E-state index is 0.289. The number of carbonyl (C=O) groups excluding carboxylic acids is 1. The molecule has 16 heavy (non-hydrogen) atoms. The largest absolute Gasteiger partial charge is 0.508 e. The van der Waals surface area contributed by atoms with Gasteiger partial charge in [0.1, 0.15) is 5.60 Å². The summed E-state index contributed by atoms with van der Waals surface area (Å²) in [4.78, 5) is 11.4. The first-order valence-corrected chi connectivity index (χ1v) is 5.83. The highest BCUT2D eigenvalue weighted by Crippen LogP contribution is 2.22. The summed E-state index contributed by atoms with van der Waals surface area (Å²) in [5.74, 6) is 0.289. The van der Waals surface area contributed by atoms with E-state index in [1.165, 1.54) is 0 Å². The van der Waals surface area contributed by atoms with Crippen LogP contribution in [0.5, 0.6) is 0 Å². The van der Waals surface area contributed by atoms with Crippen LogP contribution >= 0.6 is 0 Å². The molecule has 0 aromatic carbocycles. The molecule has 0 fully saturated rings. The standard InChI is InChI=1S/C12H24O4/c1-6-12(5,7-10(4)13)16-11(14)15-8-9(2)3/h9-10,13H,6-8H2,1-5H3. The average Bonchev–Trinajstić information content (AvgIpc) is 2.13. The highest BCUT2D eigenvalue weighted by Gasteiger charge is 2.29. The number of aliphatic hydroxyl groups excluding tert-OH is 1. The van der Waals surface area contributed by atoms with Crippen molar-refractivity contribution >= 4 is 6.16 Å². The first-order valence-electron chi connectivity index (χ1n) is 5.83. The molecule has 0 heterocycles. The molecule has 0 saturated carbocycles. The summed E-state index contributed by atoms with van der Waals surface area (Å²) in [5, 5.41) is 9.32. The average molecular weight is 232 g/mol. The van der Waals surface area contributed by atoms with Crippen LogP contribution in [0.15, 0.2) is 0 Å². The second kappa shape index (κ2) is 6.74. The maximum absolute atomic E-state index is 11.4. The van der Waals surface area contributed by atoms with Crippen LogP contribution in [0.3, 0.4) is 0 Å². The quantitative estimate of drug-likeness (QED) is 0.715. The molecule has 0 bridgehead atoms. The molecule has 0 spiro atoms. The molecule has 0 saturated heterocycles. The monoisotopic (exact) mass is 232 g/mol. The van der Waals surface area contributed by atoms with E-state index in [-0.39, 0.29) is 5.92 Å². The van der Waals surface area contributed by atoms with Crippen LogP contribution in [0, 0.1) is 5.92 Å². The van der Waals surface area contributed by atoms with Crippen molar-refractivity contribution in [3.05, 3.63) is 0 Å². The fraction of sp³-hybridized carbons (Fsp3) is 0.917. The van der Waals surface area contributed by atoms with Gasteiger partial charge in [-0.3, -0.25) is 0 Å². The smallest absolute Gasteiger partial charge is 0.434 e. The number of aliphatic hydroxyl groups is 1. The lowest BCUT2D eigenvalue weighted by atomic mass is 9.96. The van der Waals surface area contributed by atoms with Crippen molar-refractivity contribution in [2.45, 2.75) is 59.2 Å². The van der Waals surface area contributed by atoms with Crippen molar-refractivity contribution in [3.63, 3.8) is 0 Å². The molecule has 4 heteroatoms. The third-order valence-corrected chi connectivity index (χ3v) is 2.34. The summed E-state index contributed by atoms with van der Waals surface area (Å²) in [6, 6.07) is 0. The van der Waals surface area contributed by atoms with Gasteiger partial charge in [-0.2, -0.15) is 0 Å². The van der Waals surface area contributed by atoms with E-state index in [2.05, 4.69) is 0 Å². The zero-order valence-corrected chi connectivity index (χ0v) is 10.9. The minimum Gasteiger partial charge on any atom is -0.434 e. The van der Waals surface area contributed by atoms with Crippen molar-refractivity contribution < 1.29 is 19.4 Å². The third kappa shape index (κ3) is 6.67. The van der Waals surface area contributed by atoms with E-state index in [0.717, 1.165) is 0 Å². The lowest BCUT2D eigenvalue weighted by Gasteiger charge is -2.29. The summed E-state index contributed by atoms with van der Waals surface area (Å²) in [7, 11) is 0. The normalized spacial score (nSPS) is 16.7. The van der Waals surface area contributed by atoms with Crippen molar-refractivity contribution in [3.8, 4) is 0 Å². The summed E-state index contributed by atoms with van der Waals surface area (Å²) in [6.07, 6.45) is -0.0869. The highest BCUT2D eigenvalue weighted by atomic mass is 16.7. The van der Waals surface area contributed by atoms with Gasteiger partial charge < -0.3 is 14.6 Å². The summed E-state index contributed by atoms with van der Waals surface area (Å²) in [6.45, 7) is 9.67. The van der Waals surface area contributed by atoms with Gasteiger partial charge >= 0.3 is 6.16 Å². The van der Waals surface area contributed by atoms with Gasteiger partial charge in [0.05, 0.1) is 12.7 Å². The second-order valence-corrected chi connectivity index (χ2v) is 4.91. The van der Waals surface area contributed by atoms with E-state index in [1.54, 1.807) is 13.8 Å². The van der Waals surface area contributed by atoms with Crippen molar-refractivity contribution in [1.29, 1.82) is 0 Å². The topological polar surface area (TPSA) is 55.8 Å². The van der Waals surface area contributed by atoms with Crippen LogP contribution in [0.2, 0.25) is 0 Å². The molecule has 0 aliphatic heterocycles. The predicted octanol–water partition coefficient (Wildman–Crippen LogP) is 2.74. The van der Waals surface area contributed by atoms with Crippen LogP contribution in [0.25, 0.3) is 0 Å². The zero-order chi connectivity index (χ0) is 12.8. The zero-order valence-electron chi connectivity index (χ0n) is 10.9. The second-order valence-electron chi connectivity index (χ2n) is 4.91. The summed E-state index contributed by atoms with van der Waals surface area (Å²) >= 11 is 0. The molecule has 0 rings (SSSR count). The Bertz CT molecular complexity index is 213. The Kier molecular flexibility index (Phi) is 6.41. The van der Waals surface area contributed by atoms with Gasteiger partial charge in [0, 0.05) is 6.42 Å². The minimum atomic E-state index is -0.654. The van der Waals surface area contributed by atoms with Crippen molar-refractivity contribution in [2.24, 2.45) is 5.92 Å².